The molecule has 0 radical (unpaired) electrons. The summed E-state index contributed by atoms with van der Waals surface area (Å²) < 4.78 is 5.84. The maximum absolute atomic E-state index is 12.8. The number of pyridine rings is 1. The largest absolute Gasteiger partial charge is 0.419 e. The van der Waals surface area contributed by atoms with Crippen molar-refractivity contribution in [3.8, 4) is 11.6 Å². The SMILES string of the molecule is CCc1cc(C(=O)N2CCCC(c3nnc(-c4ccccn4)o3)C2)cs1. The third-order valence-electron chi connectivity index (χ3n) is 4.63. The van der Waals surface area contributed by atoms with Crippen LogP contribution in [0, 0.1) is 0 Å². The van der Waals surface area contributed by atoms with Crippen molar-refractivity contribution in [3.05, 3.63) is 52.2 Å². The van der Waals surface area contributed by atoms with Crippen LogP contribution in [0.1, 0.15) is 46.8 Å². The van der Waals surface area contributed by atoms with Crippen molar-refractivity contribution in [1.82, 2.24) is 20.1 Å². The van der Waals surface area contributed by atoms with Crippen molar-refractivity contribution in [2.24, 2.45) is 0 Å². The van der Waals surface area contributed by atoms with E-state index in [0.29, 0.717) is 24.0 Å². The minimum Gasteiger partial charge on any atom is -0.419 e. The van der Waals surface area contributed by atoms with Crippen molar-refractivity contribution >= 4 is 17.2 Å². The van der Waals surface area contributed by atoms with Gasteiger partial charge in [0.05, 0.1) is 11.5 Å². The van der Waals surface area contributed by atoms with Gasteiger partial charge < -0.3 is 9.32 Å². The molecule has 0 bridgehead atoms. The number of carbonyl (C=O) groups is 1. The van der Waals surface area contributed by atoms with Crippen LogP contribution in [0.25, 0.3) is 11.6 Å². The minimum absolute atomic E-state index is 0.0712. The molecular weight excluding hydrogens is 348 g/mol. The average molecular weight is 368 g/mol. The highest BCUT2D eigenvalue weighted by Crippen LogP contribution is 2.29. The third kappa shape index (κ3) is 3.39. The molecule has 134 valence electrons. The van der Waals surface area contributed by atoms with Crippen molar-refractivity contribution in [1.29, 1.82) is 0 Å². The fourth-order valence-corrected chi connectivity index (χ4v) is 4.03. The van der Waals surface area contributed by atoms with Gasteiger partial charge in [-0.15, -0.1) is 21.5 Å². The van der Waals surface area contributed by atoms with Crippen molar-refractivity contribution < 1.29 is 9.21 Å². The Morgan fingerprint density at radius 2 is 2.31 bits per heavy atom. The molecule has 7 heteroatoms. The number of nitrogens with zero attached hydrogens (tertiary/aromatic N) is 4. The summed E-state index contributed by atoms with van der Waals surface area (Å²) in [4.78, 5) is 20.2. The second-order valence-electron chi connectivity index (χ2n) is 6.41. The highest BCUT2D eigenvalue weighted by atomic mass is 32.1. The predicted octanol–water partition coefficient (Wildman–Crippen LogP) is 3.78. The van der Waals surface area contributed by atoms with Crippen LogP contribution in [-0.2, 0) is 6.42 Å². The van der Waals surface area contributed by atoms with E-state index in [-0.39, 0.29) is 11.8 Å². The van der Waals surface area contributed by atoms with E-state index in [1.807, 2.05) is 34.5 Å². The number of piperidine rings is 1. The molecule has 1 atom stereocenters. The van der Waals surface area contributed by atoms with Crippen LogP contribution >= 0.6 is 11.3 Å². The van der Waals surface area contributed by atoms with E-state index in [0.717, 1.165) is 31.4 Å². The lowest BCUT2D eigenvalue weighted by Gasteiger charge is -2.30. The van der Waals surface area contributed by atoms with Gasteiger partial charge >= 0.3 is 0 Å². The first-order valence-corrected chi connectivity index (χ1v) is 9.74. The summed E-state index contributed by atoms with van der Waals surface area (Å²) in [7, 11) is 0. The van der Waals surface area contributed by atoms with Gasteiger partial charge in [-0.3, -0.25) is 9.78 Å². The monoisotopic (exact) mass is 368 g/mol. The fourth-order valence-electron chi connectivity index (χ4n) is 3.22. The number of rotatable bonds is 4. The minimum atomic E-state index is 0.0712. The van der Waals surface area contributed by atoms with Gasteiger partial charge in [-0.25, -0.2) is 0 Å². The Hall–Kier alpha value is -2.54. The van der Waals surface area contributed by atoms with Crippen LogP contribution in [0.2, 0.25) is 0 Å². The highest BCUT2D eigenvalue weighted by molar-refractivity contribution is 7.10. The first-order chi connectivity index (χ1) is 12.7. The van der Waals surface area contributed by atoms with E-state index in [9.17, 15) is 4.79 Å². The predicted molar refractivity (Wildman–Crippen MR) is 99.1 cm³/mol. The molecule has 3 aromatic rings. The van der Waals surface area contributed by atoms with Gasteiger partial charge in [-0.05, 0) is 37.5 Å². The van der Waals surface area contributed by atoms with Gasteiger partial charge in [0.2, 0.25) is 5.89 Å². The maximum Gasteiger partial charge on any atom is 0.266 e. The Morgan fingerprint density at radius 1 is 1.38 bits per heavy atom. The van der Waals surface area contributed by atoms with E-state index in [1.54, 1.807) is 17.5 Å². The number of amides is 1. The van der Waals surface area contributed by atoms with Crippen molar-refractivity contribution in [2.75, 3.05) is 13.1 Å². The number of aryl methyl sites for hydroxylation is 1. The molecule has 1 aliphatic rings. The van der Waals surface area contributed by atoms with Gasteiger partial charge in [-0.1, -0.05) is 13.0 Å². The zero-order valence-corrected chi connectivity index (χ0v) is 15.4. The first kappa shape index (κ1) is 16.9. The van der Waals surface area contributed by atoms with Gasteiger partial charge in [0.25, 0.3) is 11.8 Å². The molecular formula is C19H20N4O2S. The zero-order valence-electron chi connectivity index (χ0n) is 14.6. The Morgan fingerprint density at radius 3 is 3.08 bits per heavy atom. The highest BCUT2D eigenvalue weighted by Gasteiger charge is 2.29. The molecule has 1 aliphatic heterocycles. The summed E-state index contributed by atoms with van der Waals surface area (Å²) in [5.41, 5.74) is 1.45. The number of thiophene rings is 1. The molecule has 4 heterocycles. The van der Waals surface area contributed by atoms with Crippen LogP contribution in [-0.4, -0.2) is 39.1 Å². The lowest BCUT2D eigenvalue weighted by atomic mass is 9.97. The molecule has 0 N–H and O–H groups in total. The van der Waals surface area contributed by atoms with E-state index in [4.69, 9.17) is 4.42 Å². The summed E-state index contributed by atoms with van der Waals surface area (Å²) in [6, 6.07) is 7.58. The third-order valence-corrected chi connectivity index (χ3v) is 5.71. The number of likely N-dealkylation sites (tertiary alicyclic amines) is 1. The summed E-state index contributed by atoms with van der Waals surface area (Å²) in [6.07, 6.45) is 4.53. The van der Waals surface area contributed by atoms with Gasteiger partial charge in [-0.2, -0.15) is 0 Å². The topological polar surface area (TPSA) is 72.1 Å². The standard InChI is InChI=1S/C19H20N4O2S/c1-2-15-10-14(12-26-15)19(24)23-9-5-6-13(11-23)17-21-22-18(25-17)16-7-3-4-8-20-16/h3-4,7-8,10,12-13H,2,5-6,9,11H2,1H3. The molecule has 1 saturated heterocycles. The molecule has 3 aromatic heterocycles. The normalized spacial score (nSPS) is 17.4. The van der Waals surface area contributed by atoms with Crippen LogP contribution in [0.15, 0.2) is 40.3 Å². The van der Waals surface area contributed by atoms with Gasteiger partial charge in [0.1, 0.15) is 5.69 Å². The number of aromatic nitrogens is 3. The van der Waals surface area contributed by atoms with Crippen LogP contribution in [0.4, 0.5) is 0 Å². The summed E-state index contributed by atoms with van der Waals surface area (Å²) in [6.45, 7) is 3.49. The molecule has 26 heavy (non-hydrogen) atoms. The number of hydrogen-bond donors (Lipinski definition) is 0. The summed E-state index contributed by atoms with van der Waals surface area (Å²) >= 11 is 1.64. The molecule has 0 spiro atoms. The smallest absolute Gasteiger partial charge is 0.266 e. The second-order valence-corrected chi connectivity index (χ2v) is 7.40. The Labute approximate surface area is 155 Å². The van der Waals surface area contributed by atoms with E-state index in [2.05, 4.69) is 22.1 Å². The van der Waals surface area contributed by atoms with E-state index >= 15 is 0 Å². The summed E-state index contributed by atoms with van der Waals surface area (Å²) in [5, 5.41) is 10.3. The van der Waals surface area contributed by atoms with Gasteiger partial charge in [0.15, 0.2) is 0 Å². The van der Waals surface area contributed by atoms with Crippen LogP contribution in [0.5, 0.6) is 0 Å². The maximum atomic E-state index is 12.8. The zero-order chi connectivity index (χ0) is 17.9. The molecule has 0 aromatic carbocycles. The molecule has 0 aliphatic carbocycles. The Balaban J connectivity index is 1.48. The van der Waals surface area contributed by atoms with Crippen molar-refractivity contribution in [2.45, 2.75) is 32.1 Å². The molecule has 1 fully saturated rings. The molecule has 1 amide bonds. The fraction of sp³-hybridized carbons (Fsp3) is 0.368. The average Bonchev–Trinajstić information content (AvgIpc) is 3.38. The van der Waals surface area contributed by atoms with E-state index < -0.39 is 0 Å². The molecule has 1 unspecified atom stereocenters. The van der Waals surface area contributed by atoms with Crippen LogP contribution < -0.4 is 0 Å². The quantitative estimate of drug-likeness (QED) is 0.701. The molecule has 4 rings (SSSR count). The van der Waals surface area contributed by atoms with Gasteiger partial charge in [0, 0.05) is 29.5 Å². The summed E-state index contributed by atoms with van der Waals surface area (Å²) in [5.74, 6) is 1.18. The number of hydrogen-bond acceptors (Lipinski definition) is 6. The lowest BCUT2D eigenvalue weighted by molar-refractivity contribution is 0.0699. The molecule has 0 saturated carbocycles. The van der Waals surface area contributed by atoms with E-state index in [1.165, 1.54) is 4.88 Å². The van der Waals surface area contributed by atoms with Crippen LogP contribution in [0.3, 0.4) is 0 Å². The number of carbonyl (C=O) groups excluding carboxylic acids is 1. The second kappa shape index (κ2) is 7.37. The Bertz CT molecular complexity index is 890. The first-order valence-electron chi connectivity index (χ1n) is 8.86. The molecule has 6 nitrogen and oxygen atoms in total. The lowest BCUT2D eigenvalue weighted by Crippen LogP contribution is -2.39. The van der Waals surface area contributed by atoms with Crippen molar-refractivity contribution in [3.63, 3.8) is 0 Å². The Kier molecular flexibility index (Phi) is 4.79.